The van der Waals surface area contributed by atoms with Gasteiger partial charge in [0.05, 0.1) is 0 Å². The van der Waals surface area contributed by atoms with E-state index in [1.54, 1.807) is 0 Å². The molecule has 0 radical (unpaired) electrons. The summed E-state index contributed by atoms with van der Waals surface area (Å²) in [4.78, 5) is 0. The second-order valence-electron chi connectivity index (χ2n) is 4.67. The van der Waals surface area contributed by atoms with Gasteiger partial charge in [-0.3, -0.25) is 0 Å². The molecule has 1 nitrogen and oxygen atoms in total. The van der Waals surface area contributed by atoms with Gasteiger partial charge in [-0.1, -0.05) is 61.7 Å². The van der Waals surface area contributed by atoms with Crippen molar-refractivity contribution in [3.63, 3.8) is 0 Å². The topological polar surface area (TPSA) is 12.0 Å². The summed E-state index contributed by atoms with van der Waals surface area (Å²) in [5.74, 6) is 0. The van der Waals surface area contributed by atoms with Crippen LogP contribution in [-0.2, 0) is 0 Å². The molecule has 0 spiro atoms. The first kappa shape index (κ1) is 13.4. The van der Waals surface area contributed by atoms with Gasteiger partial charge in [0.25, 0.3) is 0 Å². The Morgan fingerprint density at radius 3 is 2.50 bits per heavy atom. The van der Waals surface area contributed by atoms with E-state index in [0.29, 0.717) is 6.04 Å². The summed E-state index contributed by atoms with van der Waals surface area (Å²) in [5, 5.41) is 6.67. The van der Waals surface area contributed by atoms with Crippen LogP contribution in [0.1, 0.15) is 37.8 Å². The lowest BCUT2D eigenvalue weighted by Gasteiger charge is -2.19. The number of fused-ring (bicyclic) bond motifs is 1. The van der Waals surface area contributed by atoms with E-state index in [-0.39, 0.29) is 0 Å². The highest BCUT2D eigenvalue weighted by Gasteiger charge is 2.12. The average Bonchev–Trinajstić information content (AvgIpc) is 2.42. The molecule has 2 aromatic rings. The Labute approximate surface area is 114 Å². The summed E-state index contributed by atoms with van der Waals surface area (Å²) in [7, 11) is 2.03. The van der Waals surface area contributed by atoms with Crippen LogP contribution >= 0.6 is 11.6 Å². The minimum absolute atomic E-state index is 0.409. The Morgan fingerprint density at radius 2 is 1.83 bits per heavy atom. The Bertz CT molecular complexity index is 521. The van der Waals surface area contributed by atoms with E-state index in [4.69, 9.17) is 11.6 Å². The van der Waals surface area contributed by atoms with Crippen molar-refractivity contribution in [3.05, 3.63) is 47.0 Å². The van der Waals surface area contributed by atoms with Crippen LogP contribution < -0.4 is 5.32 Å². The minimum atomic E-state index is 0.409. The van der Waals surface area contributed by atoms with E-state index >= 15 is 0 Å². The van der Waals surface area contributed by atoms with Gasteiger partial charge < -0.3 is 5.32 Å². The zero-order chi connectivity index (χ0) is 13.0. The van der Waals surface area contributed by atoms with Crippen LogP contribution in [0.5, 0.6) is 0 Å². The van der Waals surface area contributed by atoms with Crippen molar-refractivity contribution in [1.82, 2.24) is 5.32 Å². The fraction of sp³-hybridized carbons (Fsp3) is 0.375. The van der Waals surface area contributed by atoms with Crippen molar-refractivity contribution in [2.75, 3.05) is 7.05 Å². The maximum atomic E-state index is 6.26. The molecule has 0 aliphatic rings. The second kappa shape index (κ2) is 6.21. The second-order valence-corrected chi connectivity index (χ2v) is 5.07. The van der Waals surface area contributed by atoms with E-state index in [9.17, 15) is 0 Å². The number of unbranched alkanes of at least 4 members (excludes halogenated alkanes) is 1. The van der Waals surface area contributed by atoms with Crippen LogP contribution in [0.2, 0.25) is 5.02 Å². The number of benzene rings is 2. The van der Waals surface area contributed by atoms with E-state index in [0.717, 1.165) is 10.4 Å². The molecular weight excluding hydrogens is 242 g/mol. The molecule has 0 amide bonds. The first-order valence-corrected chi connectivity index (χ1v) is 7.00. The van der Waals surface area contributed by atoms with Crippen molar-refractivity contribution >= 4 is 22.4 Å². The first-order chi connectivity index (χ1) is 8.77. The summed E-state index contributed by atoms with van der Waals surface area (Å²) >= 11 is 6.26. The van der Waals surface area contributed by atoms with Gasteiger partial charge >= 0.3 is 0 Å². The summed E-state index contributed by atoms with van der Waals surface area (Å²) in [5.41, 5.74) is 1.35. The standard InChI is InChI=1S/C16H20ClN/c1-3-4-9-16(18-2)14-10-11-15(17)13-8-6-5-7-12(13)14/h5-8,10-11,16,18H,3-4,9H2,1-2H3. The molecule has 0 aliphatic carbocycles. The largest absolute Gasteiger partial charge is 0.313 e. The average molecular weight is 262 g/mol. The lowest BCUT2D eigenvalue weighted by Crippen LogP contribution is -2.16. The molecule has 1 atom stereocenters. The summed E-state index contributed by atoms with van der Waals surface area (Å²) in [6.45, 7) is 2.23. The van der Waals surface area contributed by atoms with Crippen LogP contribution in [0.25, 0.3) is 10.8 Å². The monoisotopic (exact) mass is 261 g/mol. The SMILES string of the molecule is CCCCC(NC)c1ccc(Cl)c2ccccc12. The van der Waals surface area contributed by atoms with Gasteiger partial charge in [-0.05, 0) is 30.5 Å². The zero-order valence-corrected chi connectivity index (χ0v) is 11.8. The van der Waals surface area contributed by atoms with Crippen LogP contribution in [-0.4, -0.2) is 7.05 Å². The molecule has 2 aromatic carbocycles. The minimum Gasteiger partial charge on any atom is -0.313 e. The Hall–Kier alpha value is -1.05. The third-order valence-corrected chi connectivity index (χ3v) is 3.80. The van der Waals surface area contributed by atoms with Crippen molar-refractivity contribution in [2.45, 2.75) is 32.2 Å². The molecule has 0 saturated heterocycles. The third-order valence-electron chi connectivity index (χ3n) is 3.47. The van der Waals surface area contributed by atoms with Crippen LogP contribution in [0, 0.1) is 0 Å². The Kier molecular flexibility index (Phi) is 4.62. The molecule has 96 valence electrons. The first-order valence-electron chi connectivity index (χ1n) is 6.62. The molecule has 0 fully saturated rings. The van der Waals surface area contributed by atoms with Crippen LogP contribution in [0.4, 0.5) is 0 Å². The highest BCUT2D eigenvalue weighted by atomic mass is 35.5. The van der Waals surface area contributed by atoms with Crippen molar-refractivity contribution < 1.29 is 0 Å². The van der Waals surface area contributed by atoms with Crippen LogP contribution in [0.3, 0.4) is 0 Å². The fourth-order valence-corrected chi connectivity index (χ4v) is 2.68. The van der Waals surface area contributed by atoms with Gasteiger partial charge in [-0.2, -0.15) is 0 Å². The molecule has 2 heteroatoms. The molecule has 0 aliphatic heterocycles. The van der Waals surface area contributed by atoms with Crippen LogP contribution in [0.15, 0.2) is 36.4 Å². The molecule has 2 rings (SSSR count). The molecule has 1 unspecified atom stereocenters. The van der Waals surface area contributed by atoms with Crippen molar-refractivity contribution in [2.24, 2.45) is 0 Å². The third kappa shape index (κ3) is 2.68. The zero-order valence-electron chi connectivity index (χ0n) is 11.0. The normalized spacial score (nSPS) is 12.8. The molecular formula is C16H20ClN. The predicted octanol–water partition coefficient (Wildman–Crippen LogP) is 4.94. The lowest BCUT2D eigenvalue weighted by atomic mass is 9.95. The Morgan fingerprint density at radius 1 is 1.11 bits per heavy atom. The highest BCUT2D eigenvalue weighted by Crippen LogP contribution is 2.31. The predicted molar refractivity (Wildman–Crippen MR) is 80.3 cm³/mol. The van der Waals surface area contributed by atoms with E-state index in [1.807, 2.05) is 19.2 Å². The number of halogens is 1. The van der Waals surface area contributed by atoms with Gasteiger partial charge in [0.15, 0.2) is 0 Å². The van der Waals surface area contributed by atoms with E-state index < -0.39 is 0 Å². The number of hydrogen-bond acceptors (Lipinski definition) is 1. The molecule has 18 heavy (non-hydrogen) atoms. The molecule has 0 heterocycles. The van der Waals surface area contributed by atoms with E-state index in [2.05, 4.69) is 36.5 Å². The number of nitrogens with one attached hydrogen (secondary N) is 1. The van der Waals surface area contributed by atoms with E-state index in [1.165, 1.54) is 30.2 Å². The van der Waals surface area contributed by atoms with Crippen molar-refractivity contribution in [1.29, 1.82) is 0 Å². The maximum absolute atomic E-state index is 6.26. The summed E-state index contributed by atoms with van der Waals surface area (Å²) in [6, 6.07) is 12.9. The lowest BCUT2D eigenvalue weighted by molar-refractivity contribution is 0.526. The highest BCUT2D eigenvalue weighted by molar-refractivity contribution is 6.35. The smallest absolute Gasteiger partial charge is 0.0484 e. The van der Waals surface area contributed by atoms with Crippen molar-refractivity contribution in [3.8, 4) is 0 Å². The number of rotatable bonds is 5. The van der Waals surface area contributed by atoms with Gasteiger partial charge in [0.2, 0.25) is 0 Å². The number of hydrogen-bond donors (Lipinski definition) is 1. The molecule has 0 saturated carbocycles. The fourth-order valence-electron chi connectivity index (χ4n) is 2.45. The molecule has 0 aromatic heterocycles. The van der Waals surface area contributed by atoms with Gasteiger partial charge in [-0.15, -0.1) is 0 Å². The Balaban J connectivity index is 2.46. The van der Waals surface area contributed by atoms with Gasteiger partial charge in [0, 0.05) is 16.5 Å². The molecule has 1 N–H and O–H groups in total. The maximum Gasteiger partial charge on any atom is 0.0484 e. The quantitative estimate of drug-likeness (QED) is 0.804. The summed E-state index contributed by atoms with van der Waals surface area (Å²) in [6.07, 6.45) is 3.63. The summed E-state index contributed by atoms with van der Waals surface area (Å²) < 4.78 is 0. The molecule has 0 bridgehead atoms. The van der Waals surface area contributed by atoms with Gasteiger partial charge in [0.1, 0.15) is 0 Å². The van der Waals surface area contributed by atoms with Gasteiger partial charge in [-0.25, -0.2) is 0 Å².